The SMILES string of the molecule is CCCn1c(N)c(NCCc2nncn2C)c(=O)[nH]c1=O. The third-order valence-corrected chi connectivity index (χ3v) is 3.14. The van der Waals surface area contributed by atoms with Gasteiger partial charge in [0.2, 0.25) is 0 Å². The van der Waals surface area contributed by atoms with Gasteiger partial charge in [-0.3, -0.25) is 14.3 Å². The minimum absolute atomic E-state index is 0.156. The zero-order chi connectivity index (χ0) is 15.4. The summed E-state index contributed by atoms with van der Waals surface area (Å²) in [6, 6.07) is 0. The summed E-state index contributed by atoms with van der Waals surface area (Å²) in [5, 5.41) is 10.7. The molecule has 0 atom stereocenters. The van der Waals surface area contributed by atoms with Crippen LogP contribution < -0.4 is 22.3 Å². The van der Waals surface area contributed by atoms with E-state index >= 15 is 0 Å². The van der Waals surface area contributed by atoms with E-state index in [1.165, 1.54) is 4.57 Å². The van der Waals surface area contributed by atoms with Gasteiger partial charge in [-0.05, 0) is 6.42 Å². The first-order valence-electron chi connectivity index (χ1n) is 6.74. The third-order valence-electron chi connectivity index (χ3n) is 3.14. The van der Waals surface area contributed by atoms with Crippen LogP contribution >= 0.6 is 0 Å². The summed E-state index contributed by atoms with van der Waals surface area (Å²) in [7, 11) is 1.85. The molecule has 2 aromatic rings. The van der Waals surface area contributed by atoms with Gasteiger partial charge in [0, 0.05) is 26.6 Å². The Morgan fingerprint density at radius 1 is 1.43 bits per heavy atom. The standard InChI is InChI=1S/C12H19N7O2/c1-3-6-19-10(13)9(11(20)16-12(19)21)14-5-4-8-17-15-7-18(8)2/h7,14H,3-6,13H2,1-2H3,(H,16,20,21). The molecule has 2 rings (SSSR count). The van der Waals surface area contributed by atoms with Crippen molar-refractivity contribution in [2.45, 2.75) is 26.3 Å². The zero-order valence-corrected chi connectivity index (χ0v) is 12.1. The van der Waals surface area contributed by atoms with Crippen molar-refractivity contribution in [1.82, 2.24) is 24.3 Å². The second-order valence-corrected chi connectivity index (χ2v) is 4.71. The largest absolute Gasteiger partial charge is 0.383 e. The quantitative estimate of drug-likeness (QED) is 0.648. The van der Waals surface area contributed by atoms with Gasteiger partial charge in [-0.25, -0.2) is 4.79 Å². The Labute approximate surface area is 120 Å². The van der Waals surface area contributed by atoms with Crippen molar-refractivity contribution in [1.29, 1.82) is 0 Å². The number of nitrogens with zero attached hydrogens (tertiary/aromatic N) is 4. The van der Waals surface area contributed by atoms with E-state index in [9.17, 15) is 9.59 Å². The fourth-order valence-corrected chi connectivity index (χ4v) is 2.04. The number of nitrogens with one attached hydrogen (secondary N) is 2. The molecule has 0 spiro atoms. The summed E-state index contributed by atoms with van der Waals surface area (Å²) in [5.41, 5.74) is 5.12. The van der Waals surface area contributed by atoms with Gasteiger partial charge in [0.15, 0.2) is 0 Å². The molecule has 0 saturated heterocycles. The van der Waals surface area contributed by atoms with Crippen molar-refractivity contribution < 1.29 is 0 Å². The van der Waals surface area contributed by atoms with Gasteiger partial charge in [-0.2, -0.15) is 0 Å². The molecule has 0 amide bonds. The highest BCUT2D eigenvalue weighted by atomic mass is 16.2. The van der Waals surface area contributed by atoms with Crippen molar-refractivity contribution in [2.24, 2.45) is 7.05 Å². The van der Waals surface area contributed by atoms with Crippen LogP contribution in [0.2, 0.25) is 0 Å². The molecule has 4 N–H and O–H groups in total. The number of aryl methyl sites for hydroxylation is 1. The average Bonchev–Trinajstić information content (AvgIpc) is 2.84. The normalized spacial score (nSPS) is 10.8. The Hall–Kier alpha value is -2.58. The maximum Gasteiger partial charge on any atom is 0.330 e. The molecule has 0 radical (unpaired) electrons. The fraction of sp³-hybridized carbons (Fsp3) is 0.500. The smallest absolute Gasteiger partial charge is 0.330 e. The first-order valence-corrected chi connectivity index (χ1v) is 6.74. The molecule has 9 nitrogen and oxygen atoms in total. The van der Waals surface area contributed by atoms with Crippen LogP contribution in [0.4, 0.5) is 11.5 Å². The number of H-pyrrole nitrogens is 1. The Morgan fingerprint density at radius 2 is 2.19 bits per heavy atom. The molecule has 2 aromatic heterocycles. The molecule has 0 aliphatic rings. The lowest BCUT2D eigenvalue weighted by Gasteiger charge is -2.13. The number of nitrogens with two attached hydrogens (primary N) is 1. The van der Waals surface area contributed by atoms with Crippen LogP contribution in [0.25, 0.3) is 0 Å². The highest BCUT2D eigenvalue weighted by Gasteiger charge is 2.11. The predicted molar refractivity (Wildman–Crippen MR) is 79.2 cm³/mol. The van der Waals surface area contributed by atoms with Gasteiger partial charge in [0.1, 0.15) is 23.7 Å². The number of aromatic nitrogens is 5. The highest BCUT2D eigenvalue weighted by Crippen LogP contribution is 2.10. The van der Waals surface area contributed by atoms with E-state index < -0.39 is 11.2 Å². The summed E-state index contributed by atoms with van der Waals surface area (Å²) in [6.07, 6.45) is 2.94. The third kappa shape index (κ3) is 3.12. The van der Waals surface area contributed by atoms with Crippen LogP contribution in [0.3, 0.4) is 0 Å². The Kier molecular flexibility index (Phi) is 4.41. The van der Waals surface area contributed by atoms with Gasteiger partial charge in [-0.15, -0.1) is 10.2 Å². The van der Waals surface area contributed by atoms with Gasteiger partial charge in [-0.1, -0.05) is 6.92 Å². The number of hydrogen-bond acceptors (Lipinski definition) is 6. The lowest BCUT2D eigenvalue weighted by molar-refractivity contribution is 0.642. The van der Waals surface area contributed by atoms with Crippen molar-refractivity contribution >= 4 is 11.5 Å². The lowest BCUT2D eigenvalue weighted by atomic mass is 10.3. The molecule has 0 aromatic carbocycles. The molecule has 0 saturated carbocycles. The summed E-state index contributed by atoms with van der Waals surface area (Å²) in [6.45, 7) is 2.85. The van der Waals surface area contributed by atoms with Crippen LogP contribution in [-0.4, -0.2) is 30.9 Å². The van der Waals surface area contributed by atoms with Crippen LogP contribution in [0.15, 0.2) is 15.9 Å². The molecular formula is C12H19N7O2. The van der Waals surface area contributed by atoms with Gasteiger partial charge in [0.05, 0.1) is 0 Å². The second kappa shape index (κ2) is 6.25. The maximum atomic E-state index is 11.8. The zero-order valence-electron chi connectivity index (χ0n) is 12.1. The second-order valence-electron chi connectivity index (χ2n) is 4.71. The van der Waals surface area contributed by atoms with E-state index in [0.717, 1.165) is 12.2 Å². The first-order chi connectivity index (χ1) is 10.0. The number of nitrogen functional groups attached to an aromatic ring is 1. The molecule has 0 aliphatic heterocycles. The van der Waals surface area contributed by atoms with E-state index in [1.807, 2.05) is 14.0 Å². The molecule has 0 aliphatic carbocycles. The maximum absolute atomic E-state index is 11.8. The van der Waals surface area contributed by atoms with Crippen LogP contribution in [0, 0.1) is 0 Å². The number of aromatic amines is 1. The number of rotatable bonds is 6. The Balaban J connectivity index is 2.16. The van der Waals surface area contributed by atoms with Crippen LogP contribution in [-0.2, 0) is 20.0 Å². The molecule has 21 heavy (non-hydrogen) atoms. The van der Waals surface area contributed by atoms with Crippen molar-refractivity contribution in [3.8, 4) is 0 Å². The molecule has 9 heteroatoms. The van der Waals surface area contributed by atoms with Gasteiger partial charge < -0.3 is 15.6 Å². The summed E-state index contributed by atoms with van der Waals surface area (Å²) in [5.74, 6) is 0.947. The molecule has 2 heterocycles. The van der Waals surface area contributed by atoms with Crippen molar-refractivity contribution in [3.63, 3.8) is 0 Å². The lowest BCUT2D eigenvalue weighted by Crippen LogP contribution is -2.34. The predicted octanol–water partition coefficient (Wildman–Crippen LogP) is -0.688. The van der Waals surface area contributed by atoms with E-state index in [-0.39, 0.29) is 11.5 Å². The molecule has 0 fully saturated rings. The molecule has 114 valence electrons. The fourth-order valence-electron chi connectivity index (χ4n) is 2.04. The van der Waals surface area contributed by atoms with Crippen molar-refractivity contribution in [3.05, 3.63) is 33.0 Å². The molecular weight excluding hydrogens is 274 g/mol. The monoisotopic (exact) mass is 293 g/mol. The number of anilines is 2. The summed E-state index contributed by atoms with van der Waals surface area (Å²) in [4.78, 5) is 25.8. The van der Waals surface area contributed by atoms with Crippen molar-refractivity contribution in [2.75, 3.05) is 17.6 Å². The average molecular weight is 293 g/mol. The first kappa shape index (κ1) is 14.8. The minimum Gasteiger partial charge on any atom is -0.383 e. The van der Waals surface area contributed by atoms with E-state index in [0.29, 0.717) is 19.5 Å². The topological polar surface area (TPSA) is 124 Å². The summed E-state index contributed by atoms with van der Waals surface area (Å²) < 4.78 is 3.15. The highest BCUT2D eigenvalue weighted by molar-refractivity contribution is 5.60. The van der Waals surface area contributed by atoms with E-state index in [1.54, 1.807) is 10.9 Å². The Morgan fingerprint density at radius 3 is 2.81 bits per heavy atom. The molecule has 0 bridgehead atoms. The van der Waals surface area contributed by atoms with Crippen LogP contribution in [0.1, 0.15) is 19.2 Å². The van der Waals surface area contributed by atoms with Crippen LogP contribution in [0.5, 0.6) is 0 Å². The molecule has 0 unspecified atom stereocenters. The van der Waals surface area contributed by atoms with E-state index in [2.05, 4.69) is 20.5 Å². The minimum atomic E-state index is -0.511. The number of hydrogen-bond donors (Lipinski definition) is 3. The van der Waals surface area contributed by atoms with Gasteiger partial charge >= 0.3 is 5.69 Å². The van der Waals surface area contributed by atoms with Gasteiger partial charge in [0.25, 0.3) is 5.56 Å². The summed E-state index contributed by atoms with van der Waals surface area (Å²) >= 11 is 0. The Bertz CT molecular complexity index is 728. The van der Waals surface area contributed by atoms with E-state index in [4.69, 9.17) is 5.73 Å².